The molecule has 0 heterocycles. The molecule has 116 valence electrons. The van der Waals surface area contributed by atoms with Crippen LogP contribution in [0, 0.1) is 6.92 Å². The SMILES string of the molecule is CC(=O)Nc1ccccc1OS(=O)(=O)c1ccc(Cl)c(C)c1. The van der Waals surface area contributed by atoms with E-state index in [2.05, 4.69) is 5.32 Å². The average molecular weight is 340 g/mol. The van der Waals surface area contributed by atoms with Gasteiger partial charge in [-0.05, 0) is 42.8 Å². The Bertz CT molecular complexity index is 818. The molecule has 0 radical (unpaired) electrons. The Morgan fingerprint density at radius 1 is 1.18 bits per heavy atom. The highest BCUT2D eigenvalue weighted by atomic mass is 35.5. The molecule has 0 aliphatic heterocycles. The molecular formula is C15H14ClNO4S. The summed E-state index contributed by atoms with van der Waals surface area (Å²) in [6, 6.07) is 10.6. The first kappa shape index (κ1) is 16.3. The number of halogens is 1. The van der Waals surface area contributed by atoms with E-state index in [1.54, 1.807) is 25.1 Å². The summed E-state index contributed by atoms with van der Waals surface area (Å²) in [6.07, 6.45) is 0. The minimum atomic E-state index is -4.02. The van der Waals surface area contributed by atoms with Crippen molar-refractivity contribution in [1.82, 2.24) is 0 Å². The quantitative estimate of drug-likeness (QED) is 0.867. The van der Waals surface area contributed by atoms with E-state index < -0.39 is 10.1 Å². The van der Waals surface area contributed by atoms with Crippen LogP contribution in [-0.4, -0.2) is 14.3 Å². The molecule has 0 saturated carbocycles. The van der Waals surface area contributed by atoms with Crippen LogP contribution >= 0.6 is 11.6 Å². The molecule has 1 N–H and O–H groups in total. The molecule has 0 aliphatic rings. The Hall–Kier alpha value is -2.05. The highest BCUT2D eigenvalue weighted by molar-refractivity contribution is 7.87. The van der Waals surface area contributed by atoms with Crippen molar-refractivity contribution in [3.05, 3.63) is 53.1 Å². The molecule has 1 amide bonds. The Morgan fingerprint density at radius 3 is 2.50 bits per heavy atom. The summed E-state index contributed by atoms with van der Waals surface area (Å²) >= 11 is 5.89. The molecule has 0 unspecified atom stereocenters. The smallest absolute Gasteiger partial charge is 0.339 e. The van der Waals surface area contributed by atoms with Gasteiger partial charge < -0.3 is 9.50 Å². The van der Waals surface area contributed by atoms with Crippen LogP contribution in [0.1, 0.15) is 12.5 Å². The van der Waals surface area contributed by atoms with Gasteiger partial charge in [0, 0.05) is 11.9 Å². The molecule has 0 bridgehead atoms. The number of hydrogen-bond donors (Lipinski definition) is 1. The lowest BCUT2D eigenvalue weighted by atomic mass is 10.2. The minimum absolute atomic E-state index is 0.00738. The highest BCUT2D eigenvalue weighted by Gasteiger charge is 2.19. The maximum atomic E-state index is 12.3. The maximum Gasteiger partial charge on any atom is 0.339 e. The zero-order chi connectivity index (χ0) is 16.3. The lowest BCUT2D eigenvalue weighted by Gasteiger charge is -2.12. The van der Waals surface area contributed by atoms with Gasteiger partial charge in [-0.2, -0.15) is 8.42 Å². The first-order chi connectivity index (χ1) is 10.3. The van der Waals surface area contributed by atoms with Crippen LogP contribution in [0.25, 0.3) is 0 Å². The van der Waals surface area contributed by atoms with Crippen LogP contribution in [0.2, 0.25) is 5.02 Å². The molecule has 5 nitrogen and oxygen atoms in total. The summed E-state index contributed by atoms with van der Waals surface area (Å²) in [5, 5.41) is 2.99. The van der Waals surface area contributed by atoms with Gasteiger partial charge >= 0.3 is 10.1 Å². The van der Waals surface area contributed by atoms with Gasteiger partial charge in [-0.3, -0.25) is 4.79 Å². The topological polar surface area (TPSA) is 72.5 Å². The number of benzene rings is 2. The molecule has 0 aliphatic carbocycles. The number of rotatable bonds is 4. The summed E-state index contributed by atoms with van der Waals surface area (Å²) in [7, 11) is -4.02. The van der Waals surface area contributed by atoms with E-state index >= 15 is 0 Å². The summed E-state index contributed by atoms with van der Waals surface area (Å²) in [5.41, 5.74) is 0.908. The Labute approximate surface area is 134 Å². The van der Waals surface area contributed by atoms with Gasteiger partial charge in [-0.15, -0.1) is 0 Å². The van der Waals surface area contributed by atoms with E-state index in [-0.39, 0.29) is 22.2 Å². The normalized spacial score (nSPS) is 11.0. The third kappa shape index (κ3) is 3.78. The van der Waals surface area contributed by atoms with Gasteiger partial charge in [-0.1, -0.05) is 23.7 Å². The number of para-hydroxylation sites is 2. The van der Waals surface area contributed by atoms with Crippen LogP contribution in [-0.2, 0) is 14.9 Å². The number of anilines is 1. The second-order valence-corrected chi connectivity index (χ2v) is 6.58. The lowest BCUT2D eigenvalue weighted by Crippen LogP contribution is -2.13. The van der Waals surface area contributed by atoms with Gasteiger partial charge in [0.25, 0.3) is 0 Å². The predicted molar refractivity (Wildman–Crippen MR) is 84.7 cm³/mol. The van der Waals surface area contributed by atoms with Crippen molar-refractivity contribution in [2.45, 2.75) is 18.7 Å². The van der Waals surface area contributed by atoms with Crippen molar-refractivity contribution < 1.29 is 17.4 Å². The van der Waals surface area contributed by atoms with E-state index in [1.807, 2.05) is 0 Å². The van der Waals surface area contributed by atoms with Gasteiger partial charge in [0.2, 0.25) is 5.91 Å². The Morgan fingerprint density at radius 2 is 1.86 bits per heavy atom. The monoisotopic (exact) mass is 339 g/mol. The molecule has 7 heteroatoms. The summed E-state index contributed by atoms with van der Waals surface area (Å²) in [4.78, 5) is 11.1. The van der Waals surface area contributed by atoms with Crippen molar-refractivity contribution in [2.24, 2.45) is 0 Å². The maximum absolute atomic E-state index is 12.3. The van der Waals surface area contributed by atoms with Crippen LogP contribution in [0.4, 0.5) is 5.69 Å². The van der Waals surface area contributed by atoms with Crippen molar-refractivity contribution in [3.8, 4) is 5.75 Å². The molecule has 22 heavy (non-hydrogen) atoms. The number of carbonyl (C=O) groups excluding carboxylic acids is 1. The van der Waals surface area contributed by atoms with Crippen LogP contribution < -0.4 is 9.50 Å². The van der Waals surface area contributed by atoms with Crippen LogP contribution in [0.15, 0.2) is 47.4 Å². The molecule has 0 atom stereocenters. The first-order valence-corrected chi connectivity index (χ1v) is 8.15. The largest absolute Gasteiger partial charge is 0.377 e. The predicted octanol–water partition coefficient (Wildman–Crippen LogP) is 3.37. The third-order valence-corrected chi connectivity index (χ3v) is 4.47. The number of hydrogen-bond acceptors (Lipinski definition) is 4. The van der Waals surface area contributed by atoms with E-state index in [0.717, 1.165) is 0 Å². The van der Waals surface area contributed by atoms with Gasteiger partial charge in [0.1, 0.15) is 4.90 Å². The van der Waals surface area contributed by atoms with Crippen molar-refractivity contribution in [3.63, 3.8) is 0 Å². The number of nitrogens with one attached hydrogen (secondary N) is 1. The molecule has 2 aromatic rings. The molecule has 2 aromatic carbocycles. The lowest BCUT2D eigenvalue weighted by molar-refractivity contribution is -0.114. The van der Waals surface area contributed by atoms with E-state index in [4.69, 9.17) is 15.8 Å². The first-order valence-electron chi connectivity index (χ1n) is 6.37. The van der Waals surface area contributed by atoms with Gasteiger partial charge in [0.15, 0.2) is 5.75 Å². The fourth-order valence-corrected chi connectivity index (χ4v) is 2.92. The standard InChI is InChI=1S/C15H14ClNO4S/c1-10-9-12(7-8-13(10)16)22(19,20)21-15-6-4-3-5-14(15)17-11(2)18/h3-9H,1-2H3,(H,17,18). The van der Waals surface area contributed by atoms with E-state index in [0.29, 0.717) is 10.6 Å². The van der Waals surface area contributed by atoms with Crippen molar-refractivity contribution in [1.29, 1.82) is 0 Å². The van der Waals surface area contributed by atoms with E-state index in [9.17, 15) is 13.2 Å². The summed E-state index contributed by atoms with van der Waals surface area (Å²) in [5.74, 6) is -0.277. The van der Waals surface area contributed by atoms with E-state index in [1.165, 1.54) is 31.2 Å². The minimum Gasteiger partial charge on any atom is -0.377 e. The third-order valence-electron chi connectivity index (χ3n) is 2.82. The molecule has 0 aromatic heterocycles. The fraction of sp³-hybridized carbons (Fsp3) is 0.133. The summed E-state index contributed by atoms with van der Waals surface area (Å²) < 4.78 is 29.8. The van der Waals surface area contributed by atoms with Crippen molar-refractivity contribution >= 4 is 33.3 Å². The van der Waals surface area contributed by atoms with Crippen molar-refractivity contribution in [2.75, 3.05) is 5.32 Å². The molecule has 0 spiro atoms. The zero-order valence-corrected chi connectivity index (χ0v) is 13.5. The number of carbonyl (C=O) groups is 1. The highest BCUT2D eigenvalue weighted by Crippen LogP contribution is 2.28. The Kier molecular flexibility index (Phi) is 4.73. The molecular weight excluding hydrogens is 326 g/mol. The molecule has 0 fully saturated rings. The van der Waals surface area contributed by atoms with Crippen LogP contribution in [0.3, 0.4) is 0 Å². The Balaban J connectivity index is 2.36. The van der Waals surface area contributed by atoms with Gasteiger partial charge in [-0.25, -0.2) is 0 Å². The molecule has 2 rings (SSSR count). The summed E-state index contributed by atoms with van der Waals surface area (Å²) in [6.45, 7) is 3.03. The second-order valence-electron chi connectivity index (χ2n) is 4.63. The average Bonchev–Trinajstić information content (AvgIpc) is 2.43. The second kappa shape index (κ2) is 6.37. The zero-order valence-electron chi connectivity index (χ0n) is 12.0. The molecule has 0 saturated heterocycles. The fourth-order valence-electron chi connectivity index (χ4n) is 1.77. The van der Waals surface area contributed by atoms with Crippen LogP contribution in [0.5, 0.6) is 5.75 Å². The number of aryl methyl sites for hydroxylation is 1. The number of amides is 1. The van der Waals surface area contributed by atoms with Gasteiger partial charge in [0.05, 0.1) is 5.69 Å².